The van der Waals surface area contributed by atoms with Crippen molar-refractivity contribution in [2.24, 2.45) is 0 Å². The average Bonchev–Trinajstić information content (AvgIpc) is 3.29. The van der Waals surface area contributed by atoms with Crippen LogP contribution in [-0.2, 0) is 15.9 Å². The van der Waals surface area contributed by atoms with Crippen LogP contribution in [0, 0.1) is 0 Å². The van der Waals surface area contributed by atoms with Crippen molar-refractivity contribution in [2.75, 3.05) is 87.8 Å². The summed E-state index contributed by atoms with van der Waals surface area (Å²) in [6.07, 6.45) is 3.99. The summed E-state index contributed by atoms with van der Waals surface area (Å²) in [5.74, 6) is 1.43. The highest BCUT2D eigenvalue weighted by Gasteiger charge is 2.31. The molecule has 0 aliphatic carbocycles. The van der Waals surface area contributed by atoms with E-state index in [0.717, 1.165) is 49.7 Å². The van der Waals surface area contributed by atoms with E-state index in [1.165, 1.54) is 0 Å². The van der Waals surface area contributed by atoms with Crippen LogP contribution in [0.4, 0.5) is 22.5 Å². The van der Waals surface area contributed by atoms with Crippen LogP contribution in [-0.4, -0.2) is 103 Å². The maximum Gasteiger partial charge on any atom is 0.323 e. The molecule has 176 valence electrons. The number of anilines is 3. The van der Waals surface area contributed by atoms with Crippen LogP contribution in [0.3, 0.4) is 0 Å². The van der Waals surface area contributed by atoms with Crippen molar-refractivity contribution >= 4 is 23.7 Å². The monoisotopic (exact) mass is 455 g/mol. The van der Waals surface area contributed by atoms with Gasteiger partial charge >= 0.3 is 6.03 Å². The van der Waals surface area contributed by atoms with Gasteiger partial charge in [-0.1, -0.05) is 0 Å². The minimum Gasteiger partial charge on any atom is -0.379 e. The number of nitrogens with zero attached hydrogens (tertiary/aromatic N) is 7. The molecular formula is C21H29N9O3. The highest BCUT2D eigenvalue weighted by molar-refractivity contribution is 5.94. The van der Waals surface area contributed by atoms with E-state index in [1.54, 1.807) is 17.3 Å². The first-order valence-corrected chi connectivity index (χ1v) is 11.4. The number of carbonyl (C=O) groups excluding carboxylic acids is 1. The number of hydrogen-bond acceptors (Lipinski definition) is 10. The van der Waals surface area contributed by atoms with Crippen molar-refractivity contribution in [3.8, 4) is 11.3 Å². The fourth-order valence-electron chi connectivity index (χ4n) is 4.29. The Morgan fingerprint density at radius 2 is 1.70 bits per heavy atom. The maximum atomic E-state index is 13.1. The largest absolute Gasteiger partial charge is 0.379 e. The summed E-state index contributed by atoms with van der Waals surface area (Å²) >= 11 is 0. The standard InChI is InChI=1S/C21H29N9O3/c22-19-24-13-15(14-25-19)17-16-1-3-30(21(31)23-2-4-28-5-9-32-10-6-28)18(16)27-20(26-17)29-7-11-33-12-8-29/h13-14H,1-12H2,(H,23,31)(H2,22,24,25). The first kappa shape index (κ1) is 21.7. The lowest BCUT2D eigenvalue weighted by atomic mass is 10.1. The van der Waals surface area contributed by atoms with Gasteiger partial charge in [0.15, 0.2) is 0 Å². The Morgan fingerprint density at radius 3 is 2.42 bits per heavy atom. The molecule has 5 rings (SSSR count). The number of ether oxygens (including phenoxy) is 2. The summed E-state index contributed by atoms with van der Waals surface area (Å²) in [6, 6.07) is -0.145. The van der Waals surface area contributed by atoms with Crippen LogP contribution in [0.25, 0.3) is 11.3 Å². The number of amides is 2. The molecule has 2 aromatic rings. The third kappa shape index (κ3) is 4.82. The van der Waals surface area contributed by atoms with E-state index in [9.17, 15) is 4.79 Å². The van der Waals surface area contributed by atoms with Crippen molar-refractivity contribution in [1.29, 1.82) is 0 Å². The second-order valence-corrected chi connectivity index (χ2v) is 8.19. The molecule has 3 N–H and O–H groups in total. The molecule has 12 heteroatoms. The van der Waals surface area contributed by atoms with Crippen molar-refractivity contribution in [1.82, 2.24) is 30.2 Å². The van der Waals surface area contributed by atoms with Crippen LogP contribution in [0.15, 0.2) is 12.4 Å². The van der Waals surface area contributed by atoms with E-state index < -0.39 is 0 Å². The number of nitrogens with one attached hydrogen (secondary N) is 1. The lowest BCUT2D eigenvalue weighted by Gasteiger charge is -2.28. The van der Waals surface area contributed by atoms with Gasteiger partial charge in [0.2, 0.25) is 11.9 Å². The van der Waals surface area contributed by atoms with Crippen LogP contribution >= 0.6 is 0 Å². The maximum absolute atomic E-state index is 13.1. The number of nitrogens with two attached hydrogens (primary N) is 1. The molecule has 0 atom stereocenters. The lowest BCUT2D eigenvalue weighted by Crippen LogP contribution is -2.45. The van der Waals surface area contributed by atoms with Crippen molar-refractivity contribution < 1.29 is 14.3 Å². The lowest BCUT2D eigenvalue weighted by molar-refractivity contribution is 0.0387. The fraction of sp³-hybridized carbons (Fsp3) is 0.571. The Morgan fingerprint density at radius 1 is 1.00 bits per heavy atom. The van der Waals surface area contributed by atoms with E-state index >= 15 is 0 Å². The predicted octanol–water partition coefficient (Wildman–Crippen LogP) is -0.243. The predicted molar refractivity (Wildman–Crippen MR) is 122 cm³/mol. The molecule has 12 nitrogen and oxygen atoms in total. The topological polar surface area (TPSA) is 135 Å². The van der Waals surface area contributed by atoms with Gasteiger partial charge in [-0.15, -0.1) is 0 Å². The molecule has 0 saturated carbocycles. The third-order valence-corrected chi connectivity index (χ3v) is 6.11. The number of nitrogen functional groups attached to an aromatic ring is 1. The van der Waals surface area contributed by atoms with Crippen molar-refractivity contribution in [2.45, 2.75) is 6.42 Å². The van der Waals surface area contributed by atoms with Gasteiger partial charge in [0, 0.05) is 69.3 Å². The van der Waals surface area contributed by atoms with Gasteiger partial charge in [-0.05, 0) is 6.42 Å². The zero-order valence-electron chi connectivity index (χ0n) is 18.6. The smallest absolute Gasteiger partial charge is 0.323 e. The number of hydrogen-bond donors (Lipinski definition) is 2. The quantitative estimate of drug-likeness (QED) is 0.622. The summed E-state index contributed by atoms with van der Waals surface area (Å²) in [5.41, 5.74) is 8.10. The molecule has 0 aromatic carbocycles. The molecule has 2 fully saturated rings. The van der Waals surface area contributed by atoms with Crippen LogP contribution in [0.5, 0.6) is 0 Å². The van der Waals surface area contributed by atoms with Crippen molar-refractivity contribution in [3.05, 3.63) is 18.0 Å². The van der Waals surface area contributed by atoms with Gasteiger partial charge in [0.05, 0.1) is 32.1 Å². The first-order valence-electron chi connectivity index (χ1n) is 11.4. The number of morpholine rings is 2. The molecular weight excluding hydrogens is 426 g/mol. The normalized spacial score (nSPS) is 18.9. The molecule has 2 amide bonds. The molecule has 5 heterocycles. The number of urea groups is 1. The average molecular weight is 456 g/mol. The summed E-state index contributed by atoms with van der Waals surface area (Å²) in [6.45, 7) is 7.82. The molecule has 0 unspecified atom stereocenters. The van der Waals surface area contributed by atoms with E-state index in [2.05, 4.69) is 25.1 Å². The summed E-state index contributed by atoms with van der Waals surface area (Å²) < 4.78 is 10.9. The summed E-state index contributed by atoms with van der Waals surface area (Å²) in [7, 11) is 0. The number of carbonyl (C=O) groups is 1. The molecule has 3 aliphatic rings. The summed E-state index contributed by atoms with van der Waals surface area (Å²) in [4.78, 5) is 37.1. The van der Waals surface area contributed by atoms with E-state index in [4.69, 9.17) is 25.2 Å². The highest BCUT2D eigenvalue weighted by atomic mass is 16.5. The Hall–Kier alpha value is -3.09. The fourth-order valence-corrected chi connectivity index (χ4v) is 4.29. The van der Waals surface area contributed by atoms with Crippen LogP contribution in [0.1, 0.15) is 5.56 Å². The van der Waals surface area contributed by atoms with E-state index in [0.29, 0.717) is 57.6 Å². The number of fused-ring (bicyclic) bond motifs is 1. The van der Waals surface area contributed by atoms with Gasteiger partial charge in [-0.2, -0.15) is 4.98 Å². The zero-order chi connectivity index (χ0) is 22.6. The van der Waals surface area contributed by atoms with E-state index in [-0.39, 0.29) is 12.0 Å². The molecule has 0 spiro atoms. The second-order valence-electron chi connectivity index (χ2n) is 8.19. The van der Waals surface area contributed by atoms with Crippen LogP contribution < -0.4 is 20.9 Å². The minimum absolute atomic E-state index is 0.145. The number of aromatic nitrogens is 4. The Labute approximate surface area is 192 Å². The van der Waals surface area contributed by atoms with Gasteiger partial charge in [0.25, 0.3) is 0 Å². The second kappa shape index (κ2) is 9.81. The molecule has 33 heavy (non-hydrogen) atoms. The molecule has 0 radical (unpaired) electrons. The van der Waals surface area contributed by atoms with Gasteiger partial charge in [0.1, 0.15) is 5.82 Å². The van der Waals surface area contributed by atoms with Gasteiger partial charge < -0.3 is 25.4 Å². The molecule has 0 bridgehead atoms. The van der Waals surface area contributed by atoms with E-state index in [1.807, 2.05) is 0 Å². The molecule has 2 aromatic heterocycles. The SMILES string of the molecule is Nc1ncc(-c2nc(N3CCOCC3)nc3c2CCN3C(=O)NCCN2CCOCC2)cn1. The van der Waals surface area contributed by atoms with Crippen molar-refractivity contribution in [3.63, 3.8) is 0 Å². The molecule has 2 saturated heterocycles. The minimum atomic E-state index is -0.145. The van der Waals surface area contributed by atoms with Gasteiger partial charge in [-0.25, -0.2) is 19.7 Å². The zero-order valence-corrected chi connectivity index (χ0v) is 18.6. The number of rotatable bonds is 5. The first-order chi connectivity index (χ1) is 16.2. The molecule has 3 aliphatic heterocycles. The Bertz CT molecular complexity index is 976. The Kier molecular flexibility index (Phi) is 6.46. The highest BCUT2D eigenvalue weighted by Crippen LogP contribution is 2.35. The van der Waals surface area contributed by atoms with Gasteiger partial charge in [-0.3, -0.25) is 9.80 Å². The van der Waals surface area contributed by atoms with Crippen LogP contribution in [0.2, 0.25) is 0 Å². The third-order valence-electron chi connectivity index (χ3n) is 6.11. The Balaban J connectivity index is 1.38. The summed E-state index contributed by atoms with van der Waals surface area (Å²) in [5, 5.41) is 3.05.